The Bertz CT molecular complexity index is 1010. The third kappa shape index (κ3) is 5.82. The highest BCUT2D eigenvalue weighted by atomic mass is 35.5. The highest BCUT2D eigenvalue weighted by Gasteiger charge is 2.34. The van der Waals surface area contributed by atoms with Crippen molar-refractivity contribution in [2.45, 2.75) is 19.4 Å². The van der Waals surface area contributed by atoms with Crippen LogP contribution in [0.5, 0.6) is 0 Å². The minimum absolute atomic E-state index is 0.0882. The molecule has 7 nitrogen and oxygen atoms in total. The van der Waals surface area contributed by atoms with Gasteiger partial charge < -0.3 is 20.1 Å². The molecule has 0 saturated carbocycles. The van der Waals surface area contributed by atoms with Crippen molar-refractivity contribution >= 4 is 29.6 Å². The molecule has 2 amide bonds. The van der Waals surface area contributed by atoms with Gasteiger partial charge in [-0.05, 0) is 42.3 Å². The molecular formula is C22H20ClFN2O5. The van der Waals surface area contributed by atoms with Crippen LogP contribution in [0, 0.1) is 5.82 Å². The van der Waals surface area contributed by atoms with Crippen LogP contribution in [-0.2, 0) is 25.5 Å². The molecule has 0 bridgehead atoms. The van der Waals surface area contributed by atoms with E-state index in [0.717, 1.165) is 0 Å². The summed E-state index contributed by atoms with van der Waals surface area (Å²) in [5.74, 6) is -1.66. The molecule has 1 heterocycles. The van der Waals surface area contributed by atoms with E-state index in [2.05, 4.69) is 10.6 Å². The lowest BCUT2D eigenvalue weighted by Crippen LogP contribution is -2.47. The van der Waals surface area contributed by atoms with Crippen LogP contribution < -0.4 is 10.6 Å². The Balaban J connectivity index is 1.83. The van der Waals surface area contributed by atoms with E-state index in [1.807, 2.05) is 0 Å². The fraction of sp³-hybridized carbons (Fsp3) is 0.227. The molecule has 0 aromatic heterocycles. The highest BCUT2D eigenvalue weighted by Crippen LogP contribution is 2.28. The van der Waals surface area contributed by atoms with Crippen LogP contribution in [0.15, 0.2) is 59.8 Å². The summed E-state index contributed by atoms with van der Waals surface area (Å²) >= 11 is 5.93. The first-order valence-electron chi connectivity index (χ1n) is 9.50. The third-order valence-electron chi connectivity index (χ3n) is 4.49. The summed E-state index contributed by atoms with van der Waals surface area (Å²) in [5.41, 5.74) is 1.42. The van der Waals surface area contributed by atoms with Crippen LogP contribution in [0.1, 0.15) is 24.1 Å². The van der Waals surface area contributed by atoms with E-state index in [1.165, 1.54) is 24.3 Å². The molecule has 0 saturated heterocycles. The standard InChI is InChI=1S/C22H20ClFN2O5/c1-2-30-21(28)19-17(12-31-18(27)11-13-3-9-16(24)10-4-13)25-22(29)26-20(19)14-5-7-15(23)8-6-14/h3-10,20H,2,11-12H2,1H3,(H2,25,26,29). The van der Waals surface area contributed by atoms with Crippen LogP contribution >= 0.6 is 11.6 Å². The van der Waals surface area contributed by atoms with Gasteiger partial charge in [0.05, 0.1) is 30.3 Å². The number of urea groups is 1. The Morgan fingerprint density at radius 2 is 1.74 bits per heavy atom. The van der Waals surface area contributed by atoms with Gasteiger partial charge in [-0.15, -0.1) is 0 Å². The second kappa shape index (κ2) is 10.1. The smallest absolute Gasteiger partial charge is 0.338 e. The number of ether oxygens (including phenoxy) is 2. The van der Waals surface area contributed by atoms with E-state index in [-0.39, 0.29) is 30.9 Å². The zero-order chi connectivity index (χ0) is 22.4. The van der Waals surface area contributed by atoms with Gasteiger partial charge in [0, 0.05) is 5.02 Å². The van der Waals surface area contributed by atoms with Crippen LogP contribution in [-0.4, -0.2) is 31.2 Å². The molecule has 0 spiro atoms. The number of amides is 2. The number of nitrogens with one attached hydrogen (secondary N) is 2. The maximum absolute atomic E-state index is 13.0. The predicted octanol–water partition coefficient (Wildman–Crippen LogP) is 3.44. The Morgan fingerprint density at radius 1 is 1.06 bits per heavy atom. The minimum atomic E-state index is -0.809. The number of carbonyl (C=O) groups is 3. The Morgan fingerprint density at radius 3 is 2.39 bits per heavy atom. The molecule has 1 atom stereocenters. The van der Waals surface area contributed by atoms with Crippen molar-refractivity contribution in [3.8, 4) is 0 Å². The van der Waals surface area contributed by atoms with E-state index >= 15 is 0 Å². The second-order valence-electron chi connectivity index (χ2n) is 6.66. The summed E-state index contributed by atoms with van der Waals surface area (Å²) in [6, 6.07) is 10.7. The first-order chi connectivity index (χ1) is 14.9. The summed E-state index contributed by atoms with van der Waals surface area (Å²) < 4.78 is 23.4. The van der Waals surface area contributed by atoms with E-state index < -0.39 is 29.8 Å². The van der Waals surface area contributed by atoms with Crippen molar-refractivity contribution < 1.29 is 28.2 Å². The Kier molecular flexibility index (Phi) is 7.25. The number of halogens is 2. The number of hydrogen-bond donors (Lipinski definition) is 2. The number of rotatable bonds is 7. The molecule has 31 heavy (non-hydrogen) atoms. The lowest BCUT2D eigenvalue weighted by Gasteiger charge is -2.29. The van der Waals surface area contributed by atoms with Crippen molar-refractivity contribution in [1.29, 1.82) is 0 Å². The fourth-order valence-corrected chi connectivity index (χ4v) is 3.19. The lowest BCUT2D eigenvalue weighted by atomic mass is 9.95. The first kappa shape index (κ1) is 22.3. The molecule has 162 valence electrons. The summed E-state index contributed by atoms with van der Waals surface area (Å²) in [7, 11) is 0. The zero-order valence-corrected chi connectivity index (χ0v) is 17.4. The van der Waals surface area contributed by atoms with Gasteiger partial charge >= 0.3 is 18.0 Å². The van der Waals surface area contributed by atoms with E-state index in [4.69, 9.17) is 21.1 Å². The molecular weight excluding hydrogens is 427 g/mol. The number of carbonyl (C=O) groups excluding carboxylic acids is 3. The molecule has 0 radical (unpaired) electrons. The van der Waals surface area contributed by atoms with Crippen molar-refractivity contribution in [2.24, 2.45) is 0 Å². The molecule has 1 aliphatic rings. The molecule has 3 rings (SSSR count). The SMILES string of the molecule is CCOC(=O)C1=C(COC(=O)Cc2ccc(F)cc2)NC(=O)NC1c1ccc(Cl)cc1. The number of hydrogen-bond acceptors (Lipinski definition) is 5. The monoisotopic (exact) mass is 446 g/mol. The van der Waals surface area contributed by atoms with Crippen molar-refractivity contribution in [2.75, 3.05) is 13.2 Å². The molecule has 9 heteroatoms. The molecule has 1 aliphatic heterocycles. The van der Waals surface area contributed by atoms with Crippen LogP contribution in [0.25, 0.3) is 0 Å². The summed E-state index contributed by atoms with van der Waals surface area (Å²) in [5, 5.41) is 5.70. The van der Waals surface area contributed by atoms with Crippen molar-refractivity contribution in [3.63, 3.8) is 0 Å². The Labute approximate surface area is 183 Å². The number of benzene rings is 2. The van der Waals surface area contributed by atoms with Crippen LogP contribution in [0.2, 0.25) is 5.02 Å². The van der Waals surface area contributed by atoms with Crippen LogP contribution in [0.4, 0.5) is 9.18 Å². The fourth-order valence-electron chi connectivity index (χ4n) is 3.06. The molecule has 2 aromatic carbocycles. The van der Waals surface area contributed by atoms with E-state index in [9.17, 15) is 18.8 Å². The molecule has 2 N–H and O–H groups in total. The maximum atomic E-state index is 13.0. The zero-order valence-electron chi connectivity index (χ0n) is 16.6. The maximum Gasteiger partial charge on any atom is 0.338 e. The second-order valence-corrected chi connectivity index (χ2v) is 7.10. The van der Waals surface area contributed by atoms with E-state index in [1.54, 1.807) is 31.2 Å². The third-order valence-corrected chi connectivity index (χ3v) is 4.74. The Hall–Kier alpha value is -3.39. The summed E-state index contributed by atoms with van der Waals surface area (Å²) in [4.78, 5) is 37.1. The quantitative estimate of drug-likeness (QED) is 0.635. The van der Waals surface area contributed by atoms with Gasteiger partial charge in [-0.3, -0.25) is 4.79 Å². The molecule has 0 aliphatic carbocycles. The topological polar surface area (TPSA) is 93.7 Å². The molecule has 1 unspecified atom stereocenters. The van der Waals surface area contributed by atoms with Crippen LogP contribution in [0.3, 0.4) is 0 Å². The van der Waals surface area contributed by atoms with Gasteiger partial charge in [-0.2, -0.15) is 0 Å². The lowest BCUT2D eigenvalue weighted by molar-refractivity contribution is -0.143. The normalized spacial score (nSPS) is 15.7. The molecule has 2 aromatic rings. The number of esters is 2. The van der Waals surface area contributed by atoms with Gasteiger partial charge in [0.1, 0.15) is 12.4 Å². The van der Waals surface area contributed by atoms with Gasteiger partial charge in [0.2, 0.25) is 0 Å². The van der Waals surface area contributed by atoms with Gasteiger partial charge in [0.15, 0.2) is 0 Å². The first-order valence-corrected chi connectivity index (χ1v) is 9.88. The predicted molar refractivity (Wildman–Crippen MR) is 111 cm³/mol. The minimum Gasteiger partial charge on any atom is -0.463 e. The van der Waals surface area contributed by atoms with Crippen molar-refractivity contribution in [1.82, 2.24) is 10.6 Å². The van der Waals surface area contributed by atoms with Crippen molar-refractivity contribution in [3.05, 3.63) is 81.8 Å². The average Bonchev–Trinajstić information content (AvgIpc) is 2.74. The molecule has 0 fully saturated rings. The largest absolute Gasteiger partial charge is 0.463 e. The van der Waals surface area contributed by atoms with Gasteiger partial charge in [0.25, 0.3) is 0 Å². The summed E-state index contributed by atoms with van der Waals surface area (Å²) in [6.45, 7) is 1.44. The summed E-state index contributed by atoms with van der Waals surface area (Å²) in [6.07, 6.45) is -0.0882. The highest BCUT2D eigenvalue weighted by molar-refractivity contribution is 6.30. The van der Waals surface area contributed by atoms with Gasteiger partial charge in [-0.1, -0.05) is 35.9 Å². The average molecular weight is 447 g/mol. The van der Waals surface area contributed by atoms with E-state index in [0.29, 0.717) is 16.1 Å². The van der Waals surface area contributed by atoms with Gasteiger partial charge in [-0.25, -0.2) is 14.0 Å².